The van der Waals surface area contributed by atoms with Gasteiger partial charge in [0, 0.05) is 15.7 Å². The summed E-state index contributed by atoms with van der Waals surface area (Å²) in [6.07, 6.45) is 3.84. The highest BCUT2D eigenvalue weighted by atomic mass is 79.9. The van der Waals surface area contributed by atoms with Crippen molar-refractivity contribution in [1.82, 2.24) is 20.2 Å². The van der Waals surface area contributed by atoms with Gasteiger partial charge in [-0.1, -0.05) is 15.9 Å². The number of anilines is 1. The van der Waals surface area contributed by atoms with Crippen LogP contribution in [0.15, 0.2) is 16.6 Å². The van der Waals surface area contributed by atoms with Crippen LogP contribution >= 0.6 is 15.9 Å². The van der Waals surface area contributed by atoms with E-state index in [1.807, 2.05) is 23.7 Å². The molecule has 0 radical (unpaired) electrons. The minimum Gasteiger partial charge on any atom is -0.398 e. The molecule has 2 aromatic rings. The number of halogens is 1. The average Bonchev–Trinajstić information content (AvgIpc) is 3.17. The van der Waals surface area contributed by atoms with Gasteiger partial charge in [-0.15, -0.1) is 5.10 Å². The van der Waals surface area contributed by atoms with E-state index in [2.05, 4.69) is 31.5 Å². The predicted molar refractivity (Wildman–Crippen MR) is 81.7 cm³/mol. The van der Waals surface area contributed by atoms with Gasteiger partial charge in [0.2, 0.25) is 0 Å². The lowest BCUT2D eigenvalue weighted by atomic mass is 9.95. The lowest BCUT2D eigenvalue weighted by molar-refractivity contribution is 0.0922. The number of nitrogen functional groups attached to an aromatic ring is 1. The summed E-state index contributed by atoms with van der Waals surface area (Å²) in [4.78, 5) is 0. The zero-order valence-electron chi connectivity index (χ0n) is 11.7. The van der Waals surface area contributed by atoms with Crippen molar-refractivity contribution in [3.63, 3.8) is 0 Å². The second-order valence-corrected chi connectivity index (χ2v) is 6.71. The number of aromatic nitrogens is 4. The molecule has 0 aliphatic carbocycles. The Morgan fingerprint density at radius 2 is 2.24 bits per heavy atom. The summed E-state index contributed by atoms with van der Waals surface area (Å²) in [7, 11) is 0. The zero-order chi connectivity index (χ0) is 14.6. The standard InChI is InChI=1S/C14H16BrN5O/c1-7-10(4-8(15)5-11(7)16)14-17-18-19-20(14)12-6-9-2-3-13(12)21-9/h4-5,9,12-13H,2-3,6,16H2,1H3. The number of nitrogens with two attached hydrogens (primary N) is 1. The molecule has 110 valence electrons. The Hall–Kier alpha value is -1.47. The van der Waals surface area contributed by atoms with Crippen LogP contribution in [-0.4, -0.2) is 32.4 Å². The molecule has 3 unspecified atom stereocenters. The molecule has 2 N–H and O–H groups in total. The van der Waals surface area contributed by atoms with Gasteiger partial charge < -0.3 is 10.5 Å². The monoisotopic (exact) mass is 349 g/mol. The lowest BCUT2D eigenvalue weighted by Gasteiger charge is -2.20. The molecule has 0 amide bonds. The summed E-state index contributed by atoms with van der Waals surface area (Å²) in [5.41, 5.74) is 8.76. The molecule has 2 aliphatic heterocycles. The lowest BCUT2D eigenvalue weighted by Crippen LogP contribution is -2.23. The summed E-state index contributed by atoms with van der Waals surface area (Å²) >= 11 is 3.49. The maximum atomic E-state index is 6.06. The third-order valence-corrected chi connectivity index (χ3v) is 4.99. The van der Waals surface area contributed by atoms with Gasteiger partial charge in [-0.25, -0.2) is 4.68 Å². The number of benzene rings is 1. The summed E-state index contributed by atoms with van der Waals surface area (Å²) in [5.74, 6) is 0.765. The fourth-order valence-electron chi connectivity index (χ4n) is 3.40. The van der Waals surface area contributed by atoms with Crippen molar-refractivity contribution < 1.29 is 4.74 Å². The Morgan fingerprint density at radius 3 is 2.95 bits per heavy atom. The highest BCUT2D eigenvalue weighted by Crippen LogP contribution is 2.43. The van der Waals surface area contributed by atoms with Crippen molar-refractivity contribution in [1.29, 1.82) is 0 Å². The minimum atomic E-state index is 0.230. The molecular formula is C14H16BrN5O. The van der Waals surface area contributed by atoms with E-state index in [0.29, 0.717) is 6.10 Å². The van der Waals surface area contributed by atoms with Gasteiger partial charge in [0.15, 0.2) is 5.82 Å². The number of nitrogens with zero attached hydrogens (tertiary/aromatic N) is 4. The van der Waals surface area contributed by atoms with Crippen molar-refractivity contribution >= 4 is 21.6 Å². The summed E-state index contributed by atoms with van der Waals surface area (Å²) in [5, 5.41) is 12.3. The normalized spacial score (nSPS) is 27.4. The molecule has 0 saturated carbocycles. The van der Waals surface area contributed by atoms with E-state index in [9.17, 15) is 0 Å². The number of rotatable bonds is 2. The Bertz CT molecular complexity index is 701. The number of hydrogen-bond acceptors (Lipinski definition) is 5. The molecule has 0 spiro atoms. The van der Waals surface area contributed by atoms with Crippen LogP contribution in [0, 0.1) is 6.92 Å². The molecule has 2 aliphatic rings. The quantitative estimate of drug-likeness (QED) is 0.842. The number of hydrogen-bond donors (Lipinski definition) is 1. The van der Waals surface area contributed by atoms with E-state index >= 15 is 0 Å². The maximum absolute atomic E-state index is 6.06. The highest BCUT2D eigenvalue weighted by molar-refractivity contribution is 9.10. The summed E-state index contributed by atoms with van der Waals surface area (Å²) in [6, 6.07) is 4.14. The molecule has 2 bridgehead atoms. The molecule has 4 rings (SSSR count). The second-order valence-electron chi connectivity index (χ2n) is 5.79. The predicted octanol–water partition coefficient (Wildman–Crippen LogP) is 2.49. The van der Waals surface area contributed by atoms with Crippen LogP contribution in [0.3, 0.4) is 0 Å². The van der Waals surface area contributed by atoms with Crippen molar-refractivity contribution in [2.45, 2.75) is 44.4 Å². The largest absolute Gasteiger partial charge is 0.398 e. The van der Waals surface area contributed by atoms with Crippen molar-refractivity contribution in [2.24, 2.45) is 0 Å². The van der Waals surface area contributed by atoms with Gasteiger partial charge in [0.05, 0.1) is 18.2 Å². The molecule has 21 heavy (non-hydrogen) atoms. The third-order valence-electron chi connectivity index (χ3n) is 4.53. The highest BCUT2D eigenvalue weighted by Gasteiger charge is 2.43. The van der Waals surface area contributed by atoms with E-state index in [1.165, 1.54) is 0 Å². The molecule has 6 nitrogen and oxygen atoms in total. The number of tetrazole rings is 1. The Labute approximate surface area is 130 Å². The smallest absolute Gasteiger partial charge is 0.182 e. The minimum absolute atomic E-state index is 0.230. The van der Waals surface area contributed by atoms with Crippen molar-refractivity contribution in [2.75, 3.05) is 5.73 Å². The van der Waals surface area contributed by atoms with E-state index < -0.39 is 0 Å². The van der Waals surface area contributed by atoms with Gasteiger partial charge >= 0.3 is 0 Å². The first-order valence-corrected chi connectivity index (χ1v) is 7.92. The SMILES string of the molecule is Cc1c(N)cc(Br)cc1-c1nnnn1C1CC2CCC1O2. The summed E-state index contributed by atoms with van der Waals surface area (Å²) < 4.78 is 8.77. The fourth-order valence-corrected chi connectivity index (χ4v) is 3.87. The molecule has 2 saturated heterocycles. The van der Waals surface area contributed by atoms with Crippen LogP contribution in [0.25, 0.3) is 11.4 Å². The molecule has 3 heterocycles. The molecule has 2 fully saturated rings. The molecule has 7 heteroatoms. The van der Waals surface area contributed by atoms with E-state index in [-0.39, 0.29) is 12.1 Å². The molecular weight excluding hydrogens is 334 g/mol. The third kappa shape index (κ3) is 2.06. The Morgan fingerprint density at radius 1 is 1.38 bits per heavy atom. The topological polar surface area (TPSA) is 78.9 Å². The maximum Gasteiger partial charge on any atom is 0.182 e. The van der Waals surface area contributed by atoms with Crippen LogP contribution in [0.1, 0.15) is 30.9 Å². The van der Waals surface area contributed by atoms with E-state index in [1.54, 1.807) is 0 Å². The van der Waals surface area contributed by atoms with Crippen LogP contribution < -0.4 is 5.73 Å². The zero-order valence-corrected chi connectivity index (χ0v) is 13.2. The first-order chi connectivity index (χ1) is 10.1. The molecule has 1 aromatic carbocycles. The summed E-state index contributed by atoms with van der Waals surface area (Å²) in [6.45, 7) is 1.99. The Kier molecular flexibility index (Phi) is 3.00. The van der Waals surface area contributed by atoms with Gasteiger partial charge in [0.25, 0.3) is 0 Å². The van der Waals surface area contributed by atoms with Crippen molar-refractivity contribution in [3.05, 3.63) is 22.2 Å². The Balaban J connectivity index is 1.79. The van der Waals surface area contributed by atoms with Gasteiger partial charge in [0.1, 0.15) is 0 Å². The van der Waals surface area contributed by atoms with Crippen LogP contribution in [0.4, 0.5) is 5.69 Å². The molecule has 3 atom stereocenters. The van der Waals surface area contributed by atoms with Crippen LogP contribution in [-0.2, 0) is 4.74 Å². The van der Waals surface area contributed by atoms with Gasteiger partial charge in [-0.2, -0.15) is 0 Å². The van der Waals surface area contributed by atoms with Crippen LogP contribution in [0.2, 0.25) is 0 Å². The van der Waals surface area contributed by atoms with E-state index in [0.717, 1.165) is 46.4 Å². The first-order valence-electron chi connectivity index (χ1n) is 7.13. The van der Waals surface area contributed by atoms with Gasteiger partial charge in [-0.3, -0.25) is 0 Å². The second kappa shape index (κ2) is 4.78. The van der Waals surface area contributed by atoms with Crippen LogP contribution in [0.5, 0.6) is 0 Å². The van der Waals surface area contributed by atoms with Gasteiger partial charge in [-0.05, 0) is 54.3 Å². The first kappa shape index (κ1) is 13.2. The van der Waals surface area contributed by atoms with E-state index in [4.69, 9.17) is 10.5 Å². The fraction of sp³-hybridized carbons (Fsp3) is 0.500. The van der Waals surface area contributed by atoms with Crippen molar-refractivity contribution in [3.8, 4) is 11.4 Å². The average molecular weight is 350 g/mol. The number of fused-ring (bicyclic) bond motifs is 2. The number of ether oxygens (including phenoxy) is 1. The molecule has 1 aromatic heterocycles.